The summed E-state index contributed by atoms with van der Waals surface area (Å²) in [6.07, 6.45) is 33.4. The highest BCUT2D eigenvalue weighted by Gasteiger charge is 2.34. The van der Waals surface area contributed by atoms with Crippen LogP contribution in [0, 0.1) is 0 Å². The van der Waals surface area contributed by atoms with Gasteiger partial charge in [-0.05, 0) is 51.5 Å². The first-order chi connectivity index (χ1) is 20.5. The van der Waals surface area contributed by atoms with E-state index >= 15 is 0 Å². The molecule has 0 aromatic rings. The Labute approximate surface area is 259 Å². The lowest BCUT2D eigenvalue weighted by molar-refractivity contribution is -0.139. The van der Waals surface area contributed by atoms with Gasteiger partial charge in [0.15, 0.2) is 0 Å². The van der Waals surface area contributed by atoms with Gasteiger partial charge in [0.25, 0.3) is 0 Å². The Morgan fingerprint density at radius 2 is 1.02 bits per heavy atom. The van der Waals surface area contributed by atoms with Gasteiger partial charge in [0.2, 0.25) is 0 Å². The molecule has 5 heteroatoms. The fourth-order valence-corrected chi connectivity index (χ4v) is 6.72. The van der Waals surface area contributed by atoms with Gasteiger partial charge in [-0.2, -0.15) is 0 Å². The summed E-state index contributed by atoms with van der Waals surface area (Å²) in [5.74, 6) is -0.117. The number of unbranched alkanes of at least 4 members (excludes halogenated alkanes) is 20. The zero-order valence-electron chi connectivity index (χ0n) is 27.7. The highest BCUT2D eigenvalue weighted by atomic mass is 16.5. The van der Waals surface area contributed by atoms with Gasteiger partial charge in [0.05, 0.1) is 24.4 Å². The Balaban J connectivity index is 1.33. The highest BCUT2D eigenvalue weighted by molar-refractivity contribution is 5.90. The van der Waals surface area contributed by atoms with Gasteiger partial charge in [-0.25, -0.2) is 4.79 Å². The fourth-order valence-electron chi connectivity index (χ4n) is 6.72. The van der Waals surface area contributed by atoms with Crippen LogP contribution < -0.4 is 0 Å². The molecule has 5 nitrogen and oxygen atoms in total. The summed E-state index contributed by atoms with van der Waals surface area (Å²) in [6, 6.07) is 0. The van der Waals surface area contributed by atoms with Crippen molar-refractivity contribution >= 4 is 5.97 Å². The number of hydrogen-bond acceptors (Lipinski definition) is 5. The molecular weight excluding hydrogens is 524 g/mol. The molecule has 0 radical (unpaired) electrons. The van der Waals surface area contributed by atoms with Crippen molar-refractivity contribution in [3.63, 3.8) is 0 Å². The van der Waals surface area contributed by atoms with Crippen LogP contribution in [0.3, 0.4) is 0 Å². The van der Waals surface area contributed by atoms with E-state index in [0.29, 0.717) is 0 Å². The second kappa shape index (κ2) is 24.4. The summed E-state index contributed by atoms with van der Waals surface area (Å²) in [4.78, 5) is 11.6. The average Bonchev–Trinajstić information content (AvgIpc) is 3.60. The molecule has 0 aliphatic carbocycles. The Hall–Kier alpha value is -0.910. The topological polar surface area (TPSA) is 76.0 Å². The molecule has 2 N–H and O–H groups in total. The Morgan fingerprint density at radius 3 is 1.40 bits per heavy atom. The van der Waals surface area contributed by atoms with E-state index in [2.05, 4.69) is 6.92 Å². The van der Waals surface area contributed by atoms with Gasteiger partial charge in [0, 0.05) is 5.57 Å². The van der Waals surface area contributed by atoms with Gasteiger partial charge >= 0.3 is 5.97 Å². The number of cyclic esters (lactones) is 1. The molecule has 2 aliphatic heterocycles. The quantitative estimate of drug-likeness (QED) is 0.0698. The minimum absolute atomic E-state index is 0.0446. The van der Waals surface area contributed by atoms with Crippen LogP contribution >= 0.6 is 0 Å². The Morgan fingerprint density at radius 1 is 0.643 bits per heavy atom. The van der Waals surface area contributed by atoms with Crippen molar-refractivity contribution in [3.8, 4) is 0 Å². The number of esters is 1. The largest absolute Gasteiger partial charge is 0.455 e. The normalized spacial score (nSPS) is 22.0. The van der Waals surface area contributed by atoms with E-state index in [9.17, 15) is 15.0 Å². The van der Waals surface area contributed by atoms with Crippen LogP contribution in [0.5, 0.6) is 0 Å². The molecule has 246 valence electrons. The minimum atomic E-state index is -0.390. The van der Waals surface area contributed by atoms with Crippen molar-refractivity contribution in [2.45, 2.75) is 218 Å². The first-order valence-corrected chi connectivity index (χ1v) is 18.4. The summed E-state index contributed by atoms with van der Waals surface area (Å²) < 4.78 is 11.3. The van der Waals surface area contributed by atoms with Crippen LogP contribution in [0.1, 0.15) is 187 Å². The van der Waals surface area contributed by atoms with Gasteiger partial charge in [0.1, 0.15) is 6.10 Å². The third kappa shape index (κ3) is 17.4. The number of carbonyl (C=O) groups excluding carboxylic acids is 1. The lowest BCUT2D eigenvalue weighted by Gasteiger charge is -2.22. The van der Waals surface area contributed by atoms with E-state index in [-0.39, 0.29) is 36.5 Å². The highest BCUT2D eigenvalue weighted by Crippen LogP contribution is 2.28. The zero-order valence-corrected chi connectivity index (χ0v) is 27.7. The van der Waals surface area contributed by atoms with Gasteiger partial charge in [-0.3, -0.25) is 0 Å². The standard InChI is InChI=1S/C37H68O5/c1-3-4-5-6-7-8-9-10-14-17-20-23-26-33(38)35-28-29-36(42-35)34(39)27-24-21-18-15-12-11-13-16-19-22-25-32-30-31(2)41-37(32)40/h30-31,33-36,38-39H,3-29H2,1-2H3/t31-,33-,34+,35-,36+/m0/s1. The lowest BCUT2D eigenvalue weighted by atomic mass is 10.00. The van der Waals surface area contributed by atoms with Crippen molar-refractivity contribution in [1.82, 2.24) is 0 Å². The van der Waals surface area contributed by atoms with E-state index in [1.165, 1.54) is 122 Å². The van der Waals surface area contributed by atoms with Crippen molar-refractivity contribution < 1.29 is 24.5 Å². The molecule has 0 saturated carbocycles. The number of ether oxygens (including phenoxy) is 2. The van der Waals surface area contributed by atoms with Crippen LogP contribution in [0.25, 0.3) is 0 Å². The summed E-state index contributed by atoms with van der Waals surface area (Å²) in [5.41, 5.74) is 0.870. The fraction of sp³-hybridized carbons (Fsp3) is 0.919. The second-order valence-corrected chi connectivity index (χ2v) is 13.5. The molecule has 0 aromatic heterocycles. The van der Waals surface area contributed by atoms with Gasteiger partial charge < -0.3 is 19.7 Å². The molecule has 5 atom stereocenters. The molecule has 0 unspecified atom stereocenters. The first-order valence-electron chi connectivity index (χ1n) is 18.4. The molecule has 2 heterocycles. The molecule has 42 heavy (non-hydrogen) atoms. The number of carbonyl (C=O) groups is 1. The maximum Gasteiger partial charge on any atom is 0.334 e. The molecule has 0 bridgehead atoms. The smallest absolute Gasteiger partial charge is 0.334 e. The number of hydrogen-bond donors (Lipinski definition) is 2. The van der Waals surface area contributed by atoms with E-state index in [1.807, 2.05) is 13.0 Å². The molecule has 2 aliphatic rings. The van der Waals surface area contributed by atoms with Gasteiger partial charge in [-0.15, -0.1) is 0 Å². The van der Waals surface area contributed by atoms with Crippen molar-refractivity contribution in [1.29, 1.82) is 0 Å². The molecule has 1 saturated heterocycles. The zero-order chi connectivity index (χ0) is 30.3. The predicted molar refractivity (Wildman–Crippen MR) is 175 cm³/mol. The third-order valence-corrected chi connectivity index (χ3v) is 9.48. The summed E-state index contributed by atoms with van der Waals surface area (Å²) in [6.45, 7) is 4.19. The maximum absolute atomic E-state index is 11.6. The number of aliphatic hydroxyl groups excluding tert-OH is 2. The van der Waals surface area contributed by atoms with Gasteiger partial charge in [-0.1, -0.05) is 142 Å². The van der Waals surface area contributed by atoms with Crippen LogP contribution in [-0.2, 0) is 14.3 Å². The Kier molecular flexibility index (Phi) is 21.7. The molecule has 0 aromatic carbocycles. The Bertz CT molecular complexity index is 692. The molecule has 2 rings (SSSR count). The van der Waals surface area contributed by atoms with E-state index in [4.69, 9.17) is 9.47 Å². The van der Waals surface area contributed by atoms with Crippen molar-refractivity contribution in [3.05, 3.63) is 11.6 Å². The summed E-state index contributed by atoms with van der Waals surface area (Å²) in [7, 11) is 0. The monoisotopic (exact) mass is 593 g/mol. The molecule has 0 spiro atoms. The maximum atomic E-state index is 11.6. The van der Waals surface area contributed by atoms with E-state index < -0.39 is 0 Å². The second-order valence-electron chi connectivity index (χ2n) is 13.5. The molecular formula is C37H68O5. The van der Waals surface area contributed by atoms with E-state index in [1.54, 1.807) is 0 Å². The lowest BCUT2D eigenvalue weighted by Crippen LogP contribution is -2.31. The van der Waals surface area contributed by atoms with Crippen molar-refractivity contribution in [2.75, 3.05) is 0 Å². The van der Waals surface area contributed by atoms with Crippen LogP contribution in [0.4, 0.5) is 0 Å². The minimum Gasteiger partial charge on any atom is -0.455 e. The van der Waals surface area contributed by atoms with Crippen LogP contribution in [-0.4, -0.2) is 46.7 Å². The SMILES string of the molecule is CCCCCCCCCCCCCC[C@H](O)[C@@H]1CC[C@H]([C@H](O)CCCCCCCCCCCCC2=C[C@H](C)OC2=O)O1. The average molecular weight is 593 g/mol. The van der Waals surface area contributed by atoms with Crippen LogP contribution in [0.2, 0.25) is 0 Å². The molecule has 1 fully saturated rings. The third-order valence-electron chi connectivity index (χ3n) is 9.48. The number of aliphatic hydroxyl groups is 2. The first kappa shape index (κ1) is 37.3. The predicted octanol–water partition coefficient (Wildman–Crippen LogP) is 9.90. The number of rotatable bonds is 28. The van der Waals surface area contributed by atoms with E-state index in [0.717, 1.165) is 56.9 Å². The van der Waals surface area contributed by atoms with Crippen molar-refractivity contribution in [2.24, 2.45) is 0 Å². The summed E-state index contributed by atoms with van der Waals surface area (Å²) in [5, 5.41) is 21.3. The van der Waals surface area contributed by atoms with Crippen LogP contribution in [0.15, 0.2) is 11.6 Å². The summed E-state index contributed by atoms with van der Waals surface area (Å²) >= 11 is 0. The molecule has 0 amide bonds.